The van der Waals surface area contributed by atoms with Gasteiger partial charge in [-0.05, 0) is 25.2 Å². The number of hydrogen-bond acceptors (Lipinski definition) is 1. The molecule has 0 saturated heterocycles. The minimum Gasteiger partial charge on any atom is -0.478 e. The highest BCUT2D eigenvalue weighted by Crippen LogP contribution is 2.49. The van der Waals surface area contributed by atoms with Crippen LogP contribution >= 0.6 is 0 Å². The van der Waals surface area contributed by atoms with Crippen LogP contribution in [-0.2, 0) is 4.79 Å². The van der Waals surface area contributed by atoms with Crippen molar-refractivity contribution in [2.45, 2.75) is 26.2 Å². The second-order valence-electron chi connectivity index (χ2n) is 3.93. The Morgan fingerprint density at radius 3 is 3.08 bits per heavy atom. The van der Waals surface area contributed by atoms with Crippen LogP contribution in [0.25, 0.3) is 0 Å². The molecule has 2 rings (SSSR count). The van der Waals surface area contributed by atoms with Crippen LogP contribution in [0, 0.1) is 11.8 Å². The molecule has 0 unspecified atom stereocenters. The van der Waals surface area contributed by atoms with Crippen molar-refractivity contribution >= 4 is 5.97 Å². The van der Waals surface area contributed by atoms with Gasteiger partial charge in [-0.15, -0.1) is 0 Å². The lowest BCUT2D eigenvalue weighted by molar-refractivity contribution is -0.131. The van der Waals surface area contributed by atoms with Crippen LogP contribution in [0.4, 0.5) is 0 Å². The first-order valence-electron chi connectivity index (χ1n) is 4.83. The van der Waals surface area contributed by atoms with Gasteiger partial charge < -0.3 is 5.11 Å². The van der Waals surface area contributed by atoms with Gasteiger partial charge in [-0.25, -0.2) is 4.79 Å². The number of carboxylic acids is 1. The van der Waals surface area contributed by atoms with Crippen LogP contribution in [0.5, 0.6) is 0 Å². The molecule has 13 heavy (non-hydrogen) atoms. The maximum absolute atomic E-state index is 10.4. The van der Waals surface area contributed by atoms with Gasteiger partial charge in [-0.3, -0.25) is 0 Å². The fourth-order valence-electron chi connectivity index (χ4n) is 2.38. The van der Waals surface area contributed by atoms with E-state index < -0.39 is 5.97 Å². The largest absolute Gasteiger partial charge is 0.478 e. The van der Waals surface area contributed by atoms with Gasteiger partial charge in [0, 0.05) is 12.0 Å². The molecule has 2 nitrogen and oxygen atoms in total. The van der Waals surface area contributed by atoms with Crippen molar-refractivity contribution < 1.29 is 9.90 Å². The zero-order valence-corrected chi connectivity index (χ0v) is 7.79. The summed E-state index contributed by atoms with van der Waals surface area (Å²) in [6, 6.07) is 0. The van der Waals surface area contributed by atoms with Crippen molar-refractivity contribution in [3.63, 3.8) is 0 Å². The van der Waals surface area contributed by atoms with Gasteiger partial charge in [0.05, 0.1) is 0 Å². The number of carbonyl (C=O) groups is 1. The highest BCUT2D eigenvalue weighted by atomic mass is 16.4. The topological polar surface area (TPSA) is 37.3 Å². The maximum Gasteiger partial charge on any atom is 0.328 e. The molecular formula is C11H14O2. The molecule has 0 radical (unpaired) electrons. The minimum absolute atomic E-state index is 0.464. The molecule has 1 N–H and O–H groups in total. The second kappa shape index (κ2) is 3.02. The number of allylic oxidation sites excluding steroid dienone is 3. The fraction of sp³-hybridized carbons (Fsp3) is 0.545. The Bertz CT molecular complexity index is 299. The molecule has 2 aliphatic carbocycles. The van der Waals surface area contributed by atoms with Crippen molar-refractivity contribution in [3.8, 4) is 0 Å². The third-order valence-electron chi connectivity index (χ3n) is 3.14. The van der Waals surface area contributed by atoms with Crippen molar-refractivity contribution in [1.82, 2.24) is 0 Å². The van der Waals surface area contributed by atoms with Gasteiger partial charge in [-0.2, -0.15) is 0 Å². The average molecular weight is 178 g/mol. The van der Waals surface area contributed by atoms with Crippen LogP contribution < -0.4 is 0 Å². The Kier molecular flexibility index (Phi) is 1.98. The minimum atomic E-state index is -0.799. The smallest absolute Gasteiger partial charge is 0.328 e. The molecule has 1 saturated carbocycles. The van der Waals surface area contributed by atoms with Crippen LogP contribution in [0.3, 0.4) is 0 Å². The van der Waals surface area contributed by atoms with Gasteiger partial charge in [0.2, 0.25) is 0 Å². The number of fused-ring (bicyclic) bond motifs is 1. The Morgan fingerprint density at radius 2 is 2.46 bits per heavy atom. The molecular weight excluding hydrogens is 164 g/mol. The first kappa shape index (κ1) is 8.54. The standard InChI is InChI=1S/C11H14O2/c1-2-7-3-8-5-9(6-11(12)13)10(8)4-7/h4,6,8,10H,2-3,5H2,1H3,(H,12,13)/t8-,10+/m0/s1. The second-order valence-corrected chi connectivity index (χ2v) is 3.93. The molecule has 1 fully saturated rings. The third kappa shape index (κ3) is 1.41. The Morgan fingerprint density at radius 1 is 1.69 bits per heavy atom. The molecule has 0 aliphatic heterocycles. The zero-order valence-electron chi connectivity index (χ0n) is 7.79. The summed E-state index contributed by atoms with van der Waals surface area (Å²) in [7, 11) is 0. The highest BCUT2D eigenvalue weighted by molar-refractivity contribution is 5.81. The molecule has 70 valence electrons. The lowest BCUT2D eigenvalue weighted by Crippen LogP contribution is -2.24. The van der Waals surface area contributed by atoms with E-state index in [-0.39, 0.29) is 0 Å². The molecule has 2 atom stereocenters. The van der Waals surface area contributed by atoms with Crippen molar-refractivity contribution in [1.29, 1.82) is 0 Å². The first-order chi connectivity index (χ1) is 6.20. The van der Waals surface area contributed by atoms with E-state index in [4.69, 9.17) is 5.11 Å². The Hall–Kier alpha value is -1.05. The van der Waals surface area contributed by atoms with E-state index >= 15 is 0 Å². The van der Waals surface area contributed by atoms with E-state index in [1.807, 2.05) is 0 Å². The molecule has 0 amide bonds. The number of rotatable bonds is 2. The molecule has 2 aliphatic rings. The summed E-state index contributed by atoms with van der Waals surface area (Å²) < 4.78 is 0. The fourth-order valence-corrected chi connectivity index (χ4v) is 2.38. The maximum atomic E-state index is 10.4. The van der Waals surface area contributed by atoms with Gasteiger partial charge in [0.1, 0.15) is 0 Å². The number of hydrogen-bond donors (Lipinski definition) is 1. The van der Waals surface area contributed by atoms with E-state index in [2.05, 4.69) is 13.0 Å². The van der Waals surface area contributed by atoms with E-state index in [1.165, 1.54) is 18.1 Å². The molecule has 0 heterocycles. The average Bonchev–Trinajstić information content (AvgIpc) is 2.38. The summed E-state index contributed by atoms with van der Waals surface area (Å²) >= 11 is 0. The summed E-state index contributed by atoms with van der Waals surface area (Å²) in [5.74, 6) is 0.387. The van der Waals surface area contributed by atoms with Gasteiger partial charge in [0.15, 0.2) is 0 Å². The van der Waals surface area contributed by atoms with Crippen molar-refractivity contribution in [3.05, 3.63) is 23.3 Å². The summed E-state index contributed by atoms with van der Waals surface area (Å²) in [5, 5.41) is 8.59. The van der Waals surface area contributed by atoms with Crippen LogP contribution in [-0.4, -0.2) is 11.1 Å². The molecule has 0 aromatic carbocycles. The number of aliphatic carboxylic acids is 1. The van der Waals surface area contributed by atoms with Crippen molar-refractivity contribution in [2.75, 3.05) is 0 Å². The SMILES string of the molecule is CCC1=C[C@H]2C(=CC(=O)O)C[C@@H]2C1. The van der Waals surface area contributed by atoms with Gasteiger partial charge in [-0.1, -0.05) is 24.1 Å². The molecule has 0 aromatic rings. The Labute approximate surface area is 78.0 Å². The third-order valence-corrected chi connectivity index (χ3v) is 3.14. The molecule has 0 spiro atoms. The van der Waals surface area contributed by atoms with Crippen LogP contribution in [0.2, 0.25) is 0 Å². The van der Waals surface area contributed by atoms with E-state index in [1.54, 1.807) is 0 Å². The monoisotopic (exact) mass is 178 g/mol. The summed E-state index contributed by atoms with van der Waals surface area (Å²) in [5.41, 5.74) is 2.62. The highest BCUT2D eigenvalue weighted by Gasteiger charge is 2.38. The summed E-state index contributed by atoms with van der Waals surface area (Å²) in [4.78, 5) is 10.4. The molecule has 2 heteroatoms. The van der Waals surface area contributed by atoms with Crippen LogP contribution in [0.1, 0.15) is 26.2 Å². The lowest BCUT2D eigenvalue weighted by Gasteiger charge is -2.33. The van der Waals surface area contributed by atoms with Gasteiger partial charge >= 0.3 is 5.97 Å². The number of carboxylic acid groups (broad SMARTS) is 1. The molecule has 0 bridgehead atoms. The Balaban J connectivity index is 2.09. The summed E-state index contributed by atoms with van der Waals surface area (Å²) in [6.45, 7) is 2.16. The first-order valence-corrected chi connectivity index (χ1v) is 4.83. The lowest BCUT2D eigenvalue weighted by atomic mass is 9.71. The van der Waals surface area contributed by atoms with E-state index in [9.17, 15) is 4.79 Å². The predicted octanol–water partition coefficient (Wildman–Crippen LogP) is 2.37. The van der Waals surface area contributed by atoms with Crippen LogP contribution in [0.15, 0.2) is 23.3 Å². The predicted molar refractivity (Wildman–Crippen MR) is 50.3 cm³/mol. The van der Waals surface area contributed by atoms with Gasteiger partial charge in [0.25, 0.3) is 0 Å². The summed E-state index contributed by atoms with van der Waals surface area (Å²) in [6.07, 6.45) is 6.96. The zero-order chi connectivity index (χ0) is 9.42. The molecule has 0 aromatic heterocycles. The van der Waals surface area contributed by atoms with Crippen molar-refractivity contribution in [2.24, 2.45) is 11.8 Å². The quantitative estimate of drug-likeness (QED) is 0.520. The normalized spacial score (nSPS) is 33.9. The van der Waals surface area contributed by atoms with E-state index in [0.717, 1.165) is 24.3 Å². The van der Waals surface area contributed by atoms with E-state index in [0.29, 0.717) is 5.92 Å².